The zero-order valence-electron chi connectivity index (χ0n) is 16.5. The van der Waals surface area contributed by atoms with E-state index in [0.29, 0.717) is 23.5 Å². The van der Waals surface area contributed by atoms with Gasteiger partial charge in [-0.05, 0) is 74.1 Å². The van der Waals surface area contributed by atoms with E-state index in [1.165, 1.54) is 16.2 Å². The van der Waals surface area contributed by atoms with Gasteiger partial charge in [-0.25, -0.2) is 4.79 Å². The molecule has 0 saturated carbocycles. The predicted octanol–water partition coefficient (Wildman–Crippen LogP) is 4.72. The zero-order chi connectivity index (χ0) is 20.3. The Labute approximate surface area is 183 Å². The van der Waals surface area contributed by atoms with Crippen LogP contribution in [0.15, 0.2) is 6.20 Å². The summed E-state index contributed by atoms with van der Waals surface area (Å²) in [5.41, 5.74) is 2.69. The van der Waals surface area contributed by atoms with E-state index in [1.54, 1.807) is 6.20 Å². The van der Waals surface area contributed by atoms with Gasteiger partial charge in [0, 0.05) is 17.0 Å². The monoisotopic (exact) mass is 515 g/mol. The molecule has 1 aliphatic rings. The Balaban J connectivity index is 1.75. The molecule has 1 N–H and O–H groups in total. The van der Waals surface area contributed by atoms with Crippen molar-refractivity contribution in [3.63, 3.8) is 0 Å². The summed E-state index contributed by atoms with van der Waals surface area (Å²) in [5, 5.41) is 7.90. The number of nitrogens with one attached hydrogen (secondary N) is 1. The fourth-order valence-corrected chi connectivity index (χ4v) is 4.94. The smallest absolute Gasteiger partial charge is 0.341 e. The largest absolute Gasteiger partial charge is 0.459 e. The van der Waals surface area contributed by atoms with Crippen molar-refractivity contribution < 1.29 is 14.3 Å². The van der Waals surface area contributed by atoms with Gasteiger partial charge in [-0.2, -0.15) is 5.10 Å². The Hall–Kier alpha value is -1.42. The first kappa shape index (κ1) is 21.3. The molecule has 0 saturated heterocycles. The van der Waals surface area contributed by atoms with Gasteiger partial charge in [-0.15, -0.1) is 11.3 Å². The first-order valence-electron chi connectivity index (χ1n) is 9.74. The maximum absolute atomic E-state index is 12.8. The molecular weight excluding hydrogens is 489 g/mol. The van der Waals surface area contributed by atoms with E-state index in [0.717, 1.165) is 46.9 Å². The number of fused-ring (bicyclic) bond motifs is 1. The summed E-state index contributed by atoms with van der Waals surface area (Å²) < 4.78 is 8.50. The molecule has 0 aliphatic heterocycles. The lowest BCUT2D eigenvalue weighted by atomic mass is 9.95. The van der Waals surface area contributed by atoms with Gasteiger partial charge in [-0.1, -0.05) is 6.92 Å². The highest BCUT2D eigenvalue weighted by Gasteiger charge is 2.28. The van der Waals surface area contributed by atoms with Crippen molar-refractivity contribution in [1.82, 2.24) is 9.78 Å². The fourth-order valence-electron chi connectivity index (χ4n) is 3.24. The van der Waals surface area contributed by atoms with Crippen molar-refractivity contribution in [3.05, 3.63) is 31.5 Å². The maximum Gasteiger partial charge on any atom is 0.341 e. The number of esters is 1. The van der Waals surface area contributed by atoms with Crippen molar-refractivity contribution in [3.8, 4) is 0 Å². The Morgan fingerprint density at radius 3 is 2.82 bits per heavy atom. The number of amides is 1. The summed E-state index contributed by atoms with van der Waals surface area (Å²) in [6, 6.07) is 0. The summed E-state index contributed by atoms with van der Waals surface area (Å²) >= 11 is 3.76. The van der Waals surface area contributed by atoms with Gasteiger partial charge in [0.05, 0.1) is 28.0 Å². The molecule has 152 valence electrons. The number of nitrogens with zero attached hydrogens (tertiary/aromatic N) is 2. The normalized spacial score (nSPS) is 14.4. The third-order valence-electron chi connectivity index (χ3n) is 5.11. The number of halogens is 1. The van der Waals surface area contributed by atoms with Crippen LogP contribution >= 0.6 is 33.9 Å². The molecule has 3 rings (SSSR count). The number of hydrogen-bond donors (Lipinski definition) is 1. The number of carbonyl (C=O) groups is 2. The number of thiophene rings is 1. The molecule has 2 aromatic rings. The number of aryl methyl sites for hydroxylation is 2. The van der Waals surface area contributed by atoms with Crippen LogP contribution in [0.4, 0.5) is 5.00 Å². The zero-order valence-corrected chi connectivity index (χ0v) is 19.5. The molecule has 1 atom stereocenters. The quantitative estimate of drug-likeness (QED) is 0.428. The molecular formula is C20H26IN3O3S. The first-order valence-corrected chi connectivity index (χ1v) is 11.6. The van der Waals surface area contributed by atoms with Crippen LogP contribution in [0.5, 0.6) is 0 Å². The molecule has 28 heavy (non-hydrogen) atoms. The van der Waals surface area contributed by atoms with Crippen LogP contribution in [-0.4, -0.2) is 27.8 Å². The second kappa shape index (κ2) is 9.39. The third kappa shape index (κ3) is 4.76. The SMILES string of the molecule is CCC(C)OC(=O)c1c(NC(=O)CCn2ncc(I)c2C)sc2c1CCCC2. The van der Waals surface area contributed by atoms with Gasteiger partial charge in [0.25, 0.3) is 0 Å². The van der Waals surface area contributed by atoms with E-state index in [9.17, 15) is 9.59 Å². The van der Waals surface area contributed by atoms with E-state index in [4.69, 9.17) is 4.74 Å². The van der Waals surface area contributed by atoms with Gasteiger partial charge in [0.2, 0.25) is 5.91 Å². The lowest BCUT2D eigenvalue weighted by molar-refractivity contribution is -0.116. The van der Waals surface area contributed by atoms with Crippen molar-refractivity contribution >= 4 is 50.8 Å². The topological polar surface area (TPSA) is 73.2 Å². The van der Waals surface area contributed by atoms with Crippen LogP contribution in [0.25, 0.3) is 0 Å². The summed E-state index contributed by atoms with van der Waals surface area (Å²) in [4.78, 5) is 26.6. The number of hydrogen-bond acceptors (Lipinski definition) is 5. The van der Waals surface area contributed by atoms with Crippen molar-refractivity contribution in [2.24, 2.45) is 0 Å². The molecule has 2 heterocycles. The van der Waals surface area contributed by atoms with Crippen molar-refractivity contribution in [2.45, 2.75) is 71.9 Å². The van der Waals surface area contributed by atoms with Gasteiger partial charge in [0.1, 0.15) is 5.00 Å². The molecule has 0 radical (unpaired) electrons. The third-order valence-corrected chi connectivity index (χ3v) is 7.37. The minimum Gasteiger partial charge on any atom is -0.459 e. The van der Waals surface area contributed by atoms with Gasteiger partial charge >= 0.3 is 5.97 Å². The molecule has 8 heteroatoms. The molecule has 2 aromatic heterocycles. The molecule has 0 fully saturated rings. The van der Waals surface area contributed by atoms with Crippen LogP contribution in [0.1, 0.15) is 66.0 Å². The van der Waals surface area contributed by atoms with Crippen LogP contribution in [-0.2, 0) is 28.9 Å². The minimum atomic E-state index is -0.318. The van der Waals surface area contributed by atoms with Crippen molar-refractivity contribution in [1.29, 1.82) is 0 Å². The Kier molecular flexibility index (Phi) is 7.14. The molecule has 1 unspecified atom stereocenters. The Morgan fingerprint density at radius 2 is 2.14 bits per heavy atom. The lowest BCUT2D eigenvalue weighted by Crippen LogP contribution is -2.19. The van der Waals surface area contributed by atoms with E-state index in [1.807, 2.05) is 25.5 Å². The Bertz CT molecular complexity index is 874. The summed E-state index contributed by atoms with van der Waals surface area (Å²) in [7, 11) is 0. The molecule has 0 spiro atoms. The average Bonchev–Trinajstić information content (AvgIpc) is 3.19. The first-order chi connectivity index (χ1) is 13.4. The van der Waals surface area contributed by atoms with Gasteiger partial charge in [0.15, 0.2) is 0 Å². The minimum absolute atomic E-state index is 0.110. The second-order valence-corrected chi connectivity index (χ2v) is 9.41. The second-order valence-electron chi connectivity index (χ2n) is 7.14. The Morgan fingerprint density at radius 1 is 1.39 bits per heavy atom. The lowest BCUT2D eigenvalue weighted by Gasteiger charge is -2.15. The van der Waals surface area contributed by atoms with Crippen LogP contribution in [0.2, 0.25) is 0 Å². The van der Waals surface area contributed by atoms with Crippen LogP contribution in [0, 0.1) is 10.5 Å². The highest BCUT2D eigenvalue weighted by atomic mass is 127. The maximum atomic E-state index is 12.8. The van der Waals surface area contributed by atoms with Crippen LogP contribution < -0.4 is 5.32 Å². The molecule has 1 aliphatic carbocycles. The van der Waals surface area contributed by atoms with E-state index in [-0.39, 0.29) is 18.0 Å². The molecule has 0 bridgehead atoms. The van der Waals surface area contributed by atoms with Crippen molar-refractivity contribution in [2.75, 3.05) is 5.32 Å². The summed E-state index contributed by atoms with van der Waals surface area (Å²) in [5.74, 6) is -0.428. The van der Waals surface area contributed by atoms with E-state index >= 15 is 0 Å². The predicted molar refractivity (Wildman–Crippen MR) is 119 cm³/mol. The molecule has 6 nitrogen and oxygen atoms in total. The number of rotatable bonds is 7. The van der Waals surface area contributed by atoms with Crippen LogP contribution in [0.3, 0.4) is 0 Å². The van der Waals surface area contributed by atoms with E-state index in [2.05, 4.69) is 33.0 Å². The fraction of sp³-hybridized carbons (Fsp3) is 0.550. The summed E-state index contributed by atoms with van der Waals surface area (Å²) in [6.07, 6.45) is 6.76. The number of ether oxygens (including phenoxy) is 1. The van der Waals surface area contributed by atoms with Gasteiger partial charge in [-0.3, -0.25) is 9.48 Å². The summed E-state index contributed by atoms with van der Waals surface area (Å²) in [6.45, 7) is 6.38. The number of aromatic nitrogens is 2. The highest BCUT2D eigenvalue weighted by molar-refractivity contribution is 14.1. The number of anilines is 1. The standard InChI is InChI=1S/C20H26IN3O3S/c1-4-12(2)27-20(26)18-14-7-5-6-8-16(14)28-19(18)23-17(25)9-10-24-13(3)15(21)11-22-24/h11-12H,4-10H2,1-3H3,(H,23,25). The van der Waals surface area contributed by atoms with Gasteiger partial charge < -0.3 is 10.1 Å². The highest BCUT2D eigenvalue weighted by Crippen LogP contribution is 2.38. The average molecular weight is 515 g/mol. The number of carbonyl (C=O) groups excluding carboxylic acids is 2. The molecule has 0 aromatic carbocycles. The molecule has 1 amide bonds. The van der Waals surface area contributed by atoms with E-state index < -0.39 is 0 Å².